The standard InChI is InChI=1S/C5H9NO3/c7-4-6-1-2-9-3-5(6)8/h7H,1-4H2. The Bertz CT molecular complexity index is 115. The van der Waals surface area contributed by atoms with Crippen molar-refractivity contribution in [2.75, 3.05) is 26.5 Å². The van der Waals surface area contributed by atoms with Crippen molar-refractivity contribution in [1.82, 2.24) is 4.90 Å². The first-order chi connectivity index (χ1) is 4.34. The number of aliphatic hydroxyl groups excluding tert-OH is 1. The van der Waals surface area contributed by atoms with Crippen LogP contribution in [0, 0.1) is 0 Å². The largest absolute Gasteiger partial charge is 0.376 e. The summed E-state index contributed by atoms with van der Waals surface area (Å²) in [5.74, 6) is -0.135. The highest BCUT2D eigenvalue weighted by Crippen LogP contribution is 1.95. The summed E-state index contributed by atoms with van der Waals surface area (Å²) in [6.07, 6.45) is 0. The van der Waals surface area contributed by atoms with E-state index in [4.69, 9.17) is 9.84 Å². The summed E-state index contributed by atoms with van der Waals surface area (Å²) in [5, 5.41) is 8.51. The molecule has 0 aromatic heterocycles. The average molecular weight is 131 g/mol. The molecule has 0 unspecified atom stereocenters. The van der Waals surface area contributed by atoms with Crippen LogP contribution in [0.2, 0.25) is 0 Å². The van der Waals surface area contributed by atoms with Gasteiger partial charge in [-0.05, 0) is 0 Å². The lowest BCUT2D eigenvalue weighted by Crippen LogP contribution is -2.41. The Morgan fingerprint density at radius 1 is 1.78 bits per heavy atom. The third kappa shape index (κ3) is 1.40. The van der Waals surface area contributed by atoms with Crippen molar-refractivity contribution in [1.29, 1.82) is 0 Å². The molecule has 1 saturated heterocycles. The highest BCUT2D eigenvalue weighted by atomic mass is 16.5. The molecule has 0 aromatic rings. The van der Waals surface area contributed by atoms with Crippen molar-refractivity contribution in [2.24, 2.45) is 0 Å². The number of hydrogen-bond donors (Lipinski definition) is 1. The Labute approximate surface area is 53.0 Å². The monoisotopic (exact) mass is 131 g/mol. The molecule has 0 aromatic carbocycles. The van der Waals surface area contributed by atoms with Gasteiger partial charge in [-0.3, -0.25) is 4.79 Å². The number of ether oxygens (including phenoxy) is 1. The fourth-order valence-electron chi connectivity index (χ4n) is 0.700. The molecule has 0 spiro atoms. The summed E-state index contributed by atoms with van der Waals surface area (Å²) in [6, 6.07) is 0. The number of carbonyl (C=O) groups excluding carboxylic acids is 1. The van der Waals surface area contributed by atoms with Gasteiger partial charge in [0.1, 0.15) is 13.3 Å². The Morgan fingerprint density at radius 2 is 2.56 bits per heavy atom. The zero-order chi connectivity index (χ0) is 6.69. The fourth-order valence-corrected chi connectivity index (χ4v) is 0.700. The molecule has 1 N–H and O–H groups in total. The first kappa shape index (κ1) is 6.51. The molecule has 0 bridgehead atoms. The number of nitrogens with zero attached hydrogens (tertiary/aromatic N) is 1. The molecular weight excluding hydrogens is 122 g/mol. The van der Waals surface area contributed by atoms with E-state index in [9.17, 15) is 4.79 Å². The summed E-state index contributed by atoms with van der Waals surface area (Å²) in [4.78, 5) is 12.0. The van der Waals surface area contributed by atoms with Crippen LogP contribution in [-0.2, 0) is 9.53 Å². The van der Waals surface area contributed by atoms with Crippen LogP contribution in [-0.4, -0.2) is 42.4 Å². The Balaban J connectivity index is 2.39. The fraction of sp³-hybridized carbons (Fsp3) is 0.800. The second-order valence-corrected chi connectivity index (χ2v) is 1.85. The number of amides is 1. The molecule has 4 nitrogen and oxygen atoms in total. The van der Waals surface area contributed by atoms with Crippen LogP contribution in [0.1, 0.15) is 0 Å². The van der Waals surface area contributed by atoms with Crippen molar-refractivity contribution < 1.29 is 14.6 Å². The van der Waals surface area contributed by atoms with Gasteiger partial charge in [0.2, 0.25) is 5.91 Å². The predicted octanol–water partition coefficient (Wildman–Crippen LogP) is -1.21. The molecular formula is C5H9NO3. The molecule has 9 heavy (non-hydrogen) atoms. The van der Waals surface area contributed by atoms with Crippen LogP contribution < -0.4 is 0 Å². The Hall–Kier alpha value is -0.610. The zero-order valence-electron chi connectivity index (χ0n) is 5.04. The first-order valence-electron chi connectivity index (χ1n) is 2.81. The van der Waals surface area contributed by atoms with E-state index in [1.54, 1.807) is 0 Å². The second kappa shape index (κ2) is 2.80. The minimum Gasteiger partial charge on any atom is -0.376 e. The molecule has 1 aliphatic rings. The molecule has 1 amide bonds. The normalized spacial score (nSPS) is 20.6. The quantitative estimate of drug-likeness (QED) is 0.486. The van der Waals surface area contributed by atoms with Gasteiger partial charge in [0.15, 0.2) is 0 Å². The molecule has 52 valence electrons. The molecule has 4 heteroatoms. The van der Waals surface area contributed by atoms with Gasteiger partial charge in [-0.2, -0.15) is 0 Å². The number of carbonyl (C=O) groups is 1. The van der Waals surface area contributed by atoms with E-state index in [1.807, 2.05) is 0 Å². The maximum atomic E-state index is 10.7. The van der Waals surface area contributed by atoms with E-state index in [0.29, 0.717) is 13.2 Å². The van der Waals surface area contributed by atoms with Gasteiger partial charge >= 0.3 is 0 Å². The third-order valence-electron chi connectivity index (χ3n) is 1.25. The van der Waals surface area contributed by atoms with E-state index >= 15 is 0 Å². The van der Waals surface area contributed by atoms with Gasteiger partial charge in [-0.15, -0.1) is 0 Å². The molecule has 1 fully saturated rings. The topological polar surface area (TPSA) is 49.8 Å². The van der Waals surface area contributed by atoms with Crippen LogP contribution in [0.5, 0.6) is 0 Å². The Kier molecular flexibility index (Phi) is 2.02. The smallest absolute Gasteiger partial charge is 0.250 e. The number of rotatable bonds is 1. The Morgan fingerprint density at radius 3 is 3.00 bits per heavy atom. The summed E-state index contributed by atoms with van der Waals surface area (Å²) in [5.41, 5.74) is 0. The lowest BCUT2D eigenvalue weighted by atomic mass is 10.4. The average Bonchev–Trinajstić information content (AvgIpc) is 1.89. The number of hydrogen-bond acceptors (Lipinski definition) is 3. The maximum absolute atomic E-state index is 10.7. The van der Waals surface area contributed by atoms with Gasteiger partial charge in [0, 0.05) is 6.54 Å². The van der Waals surface area contributed by atoms with Gasteiger partial charge in [-0.25, -0.2) is 0 Å². The van der Waals surface area contributed by atoms with Crippen molar-refractivity contribution in [2.45, 2.75) is 0 Å². The zero-order valence-corrected chi connectivity index (χ0v) is 5.04. The van der Waals surface area contributed by atoms with Crippen LogP contribution >= 0.6 is 0 Å². The second-order valence-electron chi connectivity index (χ2n) is 1.85. The summed E-state index contributed by atoms with van der Waals surface area (Å²) < 4.78 is 4.81. The number of morpholine rings is 1. The van der Waals surface area contributed by atoms with Gasteiger partial charge < -0.3 is 14.7 Å². The number of aliphatic hydroxyl groups is 1. The van der Waals surface area contributed by atoms with Crippen molar-refractivity contribution in [3.8, 4) is 0 Å². The third-order valence-corrected chi connectivity index (χ3v) is 1.25. The summed E-state index contributed by atoms with van der Waals surface area (Å²) in [7, 11) is 0. The predicted molar refractivity (Wildman–Crippen MR) is 29.6 cm³/mol. The van der Waals surface area contributed by atoms with Crippen molar-refractivity contribution >= 4 is 5.91 Å². The van der Waals surface area contributed by atoms with Crippen molar-refractivity contribution in [3.05, 3.63) is 0 Å². The van der Waals surface area contributed by atoms with Crippen LogP contribution in [0.4, 0.5) is 0 Å². The molecule has 1 rings (SSSR count). The lowest BCUT2D eigenvalue weighted by molar-refractivity contribution is -0.147. The summed E-state index contributed by atoms with van der Waals surface area (Å²) in [6.45, 7) is 0.963. The first-order valence-corrected chi connectivity index (χ1v) is 2.81. The molecule has 1 heterocycles. The van der Waals surface area contributed by atoms with E-state index in [2.05, 4.69) is 0 Å². The van der Waals surface area contributed by atoms with E-state index in [0.717, 1.165) is 0 Å². The molecule has 0 aliphatic carbocycles. The molecule has 1 aliphatic heterocycles. The van der Waals surface area contributed by atoms with Gasteiger partial charge in [-0.1, -0.05) is 0 Å². The molecule has 0 saturated carbocycles. The summed E-state index contributed by atoms with van der Waals surface area (Å²) >= 11 is 0. The highest BCUT2D eigenvalue weighted by molar-refractivity contribution is 5.77. The van der Waals surface area contributed by atoms with E-state index in [1.165, 1.54) is 4.90 Å². The van der Waals surface area contributed by atoms with Crippen LogP contribution in [0.15, 0.2) is 0 Å². The van der Waals surface area contributed by atoms with Crippen molar-refractivity contribution in [3.63, 3.8) is 0 Å². The maximum Gasteiger partial charge on any atom is 0.250 e. The van der Waals surface area contributed by atoms with E-state index in [-0.39, 0.29) is 19.2 Å². The van der Waals surface area contributed by atoms with E-state index < -0.39 is 0 Å². The van der Waals surface area contributed by atoms with Gasteiger partial charge in [0.05, 0.1) is 6.61 Å². The van der Waals surface area contributed by atoms with Gasteiger partial charge in [0.25, 0.3) is 0 Å². The highest BCUT2D eigenvalue weighted by Gasteiger charge is 2.16. The minimum absolute atomic E-state index is 0.112. The molecule has 0 atom stereocenters. The molecule has 0 radical (unpaired) electrons. The lowest BCUT2D eigenvalue weighted by Gasteiger charge is -2.23. The van der Waals surface area contributed by atoms with Crippen LogP contribution in [0.3, 0.4) is 0 Å². The van der Waals surface area contributed by atoms with Crippen LogP contribution in [0.25, 0.3) is 0 Å². The minimum atomic E-state index is -0.192. The SMILES string of the molecule is O=C1COCCN1CO.